The first kappa shape index (κ1) is 14.1. The van der Waals surface area contributed by atoms with Crippen LogP contribution in [-0.4, -0.2) is 54.3 Å². The third kappa shape index (κ3) is 4.41. The van der Waals surface area contributed by atoms with Gasteiger partial charge in [-0.15, -0.1) is 0 Å². The fourth-order valence-corrected chi connectivity index (χ4v) is 1.64. The van der Waals surface area contributed by atoms with Gasteiger partial charge in [0, 0.05) is 19.8 Å². The predicted molar refractivity (Wildman–Crippen MR) is 66.8 cm³/mol. The normalized spacial score (nSPS) is 10.3. The number of halogens is 1. The molecular weight excluding hydrogens is 288 g/mol. The number of rotatable bonds is 6. The Morgan fingerprint density at radius 2 is 2.35 bits per heavy atom. The van der Waals surface area contributed by atoms with Gasteiger partial charge in [-0.3, -0.25) is 4.79 Å². The molecule has 0 aliphatic heterocycles. The first-order valence-corrected chi connectivity index (χ1v) is 6.00. The van der Waals surface area contributed by atoms with E-state index in [9.17, 15) is 4.79 Å². The molecule has 0 saturated heterocycles. The predicted octanol–water partition coefficient (Wildman–Crippen LogP) is 0.925. The van der Waals surface area contributed by atoms with Gasteiger partial charge in [-0.1, -0.05) is 0 Å². The molecule has 0 saturated carbocycles. The summed E-state index contributed by atoms with van der Waals surface area (Å²) in [7, 11) is 1.70. The molecule has 1 amide bonds. The number of carbonyl (C=O) groups excluding carboxylic acids is 1. The lowest BCUT2D eigenvalue weighted by molar-refractivity contribution is 0.0617. The Morgan fingerprint density at radius 1 is 1.59 bits per heavy atom. The maximum Gasteiger partial charge on any atom is 0.256 e. The molecule has 0 aliphatic rings. The van der Waals surface area contributed by atoms with Gasteiger partial charge in [0.15, 0.2) is 0 Å². The molecule has 0 atom stereocenters. The zero-order valence-electron chi connectivity index (χ0n) is 9.60. The Labute approximate surface area is 109 Å². The smallest absolute Gasteiger partial charge is 0.256 e. The van der Waals surface area contributed by atoms with Crippen LogP contribution in [0, 0.1) is 0 Å². The molecule has 0 bridgehead atoms. The van der Waals surface area contributed by atoms with E-state index in [1.165, 1.54) is 0 Å². The molecule has 1 aromatic heterocycles. The fraction of sp³-hybridized carbons (Fsp3) is 0.455. The highest BCUT2D eigenvalue weighted by Crippen LogP contribution is 2.14. The van der Waals surface area contributed by atoms with Crippen LogP contribution in [0.3, 0.4) is 0 Å². The molecule has 0 aromatic carbocycles. The van der Waals surface area contributed by atoms with E-state index in [4.69, 9.17) is 9.84 Å². The van der Waals surface area contributed by atoms with Gasteiger partial charge in [0.05, 0.1) is 25.4 Å². The van der Waals surface area contributed by atoms with Crippen LogP contribution in [0.1, 0.15) is 10.4 Å². The molecule has 17 heavy (non-hydrogen) atoms. The Balaban J connectivity index is 2.49. The molecule has 0 fully saturated rings. The van der Waals surface area contributed by atoms with Gasteiger partial charge >= 0.3 is 0 Å². The van der Waals surface area contributed by atoms with Crippen molar-refractivity contribution >= 4 is 21.8 Å². The van der Waals surface area contributed by atoms with E-state index in [2.05, 4.69) is 20.9 Å². The van der Waals surface area contributed by atoms with Gasteiger partial charge in [0.1, 0.15) is 4.60 Å². The summed E-state index contributed by atoms with van der Waals surface area (Å²) >= 11 is 3.24. The molecule has 1 heterocycles. The van der Waals surface area contributed by atoms with Crippen LogP contribution in [0.4, 0.5) is 0 Å². The van der Waals surface area contributed by atoms with Crippen molar-refractivity contribution in [1.82, 2.24) is 9.88 Å². The number of carbonyl (C=O) groups is 1. The summed E-state index contributed by atoms with van der Waals surface area (Å²) in [6, 6.07) is 3.43. The van der Waals surface area contributed by atoms with E-state index in [-0.39, 0.29) is 12.5 Å². The zero-order chi connectivity index (χ0) is 12.7. The van der Waals surface area contributed by atoms with Crippen molar-refractivity contribution < 1.29 is 14.6 Å². The van der Waals surface area contributed by atoms with Crippen molar-refractivity contribution in [2.75, 3.05) is 33.4 Å². The lowest BCUT2D eigenvalue weighted by Gasteiger charge is -2.17. The highest BCUT2D eigenvalue weighted by atomic mass is 79.9. The number of hydrogen-bond donors (Lipinski definition) is 1. The van der Waals surface area contributed by atoms with Gasteiger partial charge in [-0.25, -0.2) is 4.98 Å². The third-order valence-corrected chi connectivity index (χ3v) is 2.77. The Hall–Kier alpha value is -0.980. The van der Waals surface area contributed by atoms with Crippen LogP contribution in [-0.2, 0) is 4.74 Å². The topological polar surface area (TPSA) is 62.7 Å². The SMILES string of the molecule is CN(CCOCCO)C(=O)c1cccnc1Br. The Kier molecular flexibility index (Phi) is 6.10. The molecule has 5 nitrogen and oxygen atoms in total. The quantitative estimate of drug-likeness (QED) is 0.627. The summed E-state index contributed by atoms with van der Waals surface area (Å²) < 4.78 is 5.63. The van der Waals surface area contributed by atoms with Crippen molar-refractivity contribution in [3.63, 3.8) is 0 Å². The summed E-state index contributed by atoms with van der Waals surface area (Å²) in [5.41, 5.74) is 0.525. The van der Waals surface area contributed by atoms with E-state index in [0.29, 0.717) is 29.9 Å². The van der Waals surface area contributed by atoms with Crippen molar-refractivity contribution in [3.8, 4) is 0 Å². The number of aromatic nitrogens is 1. The maximum absolute atomic E-state index is 12.0. The number of nitrogens with zero attached hydrogens (tertiary/aromatic N) is 2. The van der Waals surface area contributed by atoms with Gasteiger partial charge in [-0.05, 0) is 28.1 Å². The number of pyridine rings is 1. The average Bonchev–Trinajstić information content (AvgIpc) is 2.34. The van der Waals surface area contributed by atoms with E-state index < -0.39 is 0 Å². The molecule has 0 radical (unpaired) electrons. The van der Waals surface area contributed by atoms with Crippen LogP contribution in [0.5, 0.6) is 0 Å². The van der Waals surface area contributed by atoms with Crippen molar-refractivity contribution in [1.29, 1.82) is 0 Å². The Bertz CT molecular complexity index is 373. The van der Waals surface area contributed by atoms with E-state index in [1.807, 2.05) is 0 Å². The van der Waals surface area contributed by atoms with Crippen LogP contribution in [0.2, 0.25) is 0 Å². The van der Waals surface area contributed by atoms with Crippen LogP contribution in [0.15, 0.2) is 22.9 Å². The van der Waals surface area contributed by atoms with Crippen LogP contribution >= 0.6 is 15.9 Å². The summed E-state index contributed by atoms with van der Waals surface area (Å²) in [4.78, 5) is 17.5. The fourth-order valence-electron chi connectivity index (χ4n) is 1.22. The zero-order valence-corrected chi connectivity index (χ0v) is 11.2. The highest BCUT2D eigenvalue weighted by molar-refractivity contribution is 9.10. The molecule has 1 N–H and O–H groups in total. The lowest BCUT2D eigenvalue weighted by atomic mass is 10.2. The molecule has 0 spiro atoms. The number of aliphatic hydroxyl groups excluding tert-OH is 1. The minimum absolute atomic E-state index is 0.00812. The summed E-state index contributed by atoms with van der Waals surface area (Å²) in [5, 5.41) is 8.54. The Morgan fingerprint density at radius 3 is 3.00 bits per heavy atom. The first-order valence-electron chi connectivity index (χ1n) is 5.21. The summed E-state index contributed by atoms with van der Waals surface area (Å²) in [6.07, 6.45) is 1.62. The minimum Gasteiger partial charge on any atom is -0.394 e. The maximum atomic E-state index is 12.0. The molecular formula is C11H15BrN2O3. The van der Waals surface area contributed by atoms with Gasteiger partial charge in [0.25, 0.3) is 5.91 Å². The number of amides is 1. The van der Waals surface area contributed by atoms with Crippen LogP contribution < -0.4 is 0 Å². The molecule has 94 valence electrons. The molecule has 0 unspecified atom stereocenters. The highest BCUT2D eigenvalue weighted by Gasteiger charge is 2.14. The van der Waals surface area contributed by atoms with Crippen molar-refractivity contribution in [3.05, 3.63) is 28.5 Å². The molecule has 0 aliphatic carbocycles. The monoisotopic (exact) mass is 302 g/mol. The molecule has 6 heteroatoms. The van der Waals surface area contributed by atoms with Crippen molar-refractivity contribution in [2.45, 2.75) is 0 Å². The lowest BCUT2D eigenvalue weighted by Crippen LogP contribution is -2.30. The number of likely N-dealkylation sites (N-methyl/N-ethyl adjacent to an activating group) is 1. The number of aliphatic hydroxyl groups is 1. The average molecular weight is 303 g/mol. The van der Waals surface area contributed by atoms with Crippen LogP contribution in [0.25, 0.3) is 0 Å². The second kappa shape index (κ2) is 7.37. The summed E-state index contributed by atoms with van der Waals surface area (Å²) in [6.45, 7) is 1.16. The largest absolute Gasteiger partial charge is 0.394 e. The van der Waals surface area contributed by atoms with Gasteiger partial charge in [-0.2, -0.15) is 0 Å². The second-order valence-electron chi connectivity index (χ2n) is 3.40. The second-order valence-corrected chi connectivity index (χ2v) is 4.16. The standard InChI is InChI=1S/C11H15BrN2O3/c1-14(5-7-17-8-6-15)11(16)9-3-2-4-13-10(9)12/h2-4,15H,5-8H2,1H3. The first-order chi connectivity index (χ1) is 8.16. The minimum atomic E-state index is -0.113. The number of hydrogen-bond acceptors (Lipinski definition) is 4. The third-order valence-electron chi connectivity index (χ3n) is 2.14. The molecule has 1 rings (SSSR count). The van der Waals surface area contributed by atoms with E-state index in [1.54, 1.807) is 30.3 Å². The van der Waals surface area contributed by atoms with E-state index in [0.717, 1.165) is 0 Å². The van der Waals surface area contributed by atoms with Gasteiger partial charge < -0.3 is 14.7 Å². The van der Waals surface area contributed by atoms with Crippen molar-refractivity contribution in [2.24, 2.45) is 0 Å². The number of ether oxygens (including phenoxy) is 1. The summed E-state index contributed by atoms with van der Waals surface area (Å²) in [5.74, 6) is -0.113. The van der Waals surface area contributed by atoms with E-state index >= 15 is 0 Å². The van der Waals surface area contributed by atoms with Gasteiger partial charge in [0.2, 0.25) is 0 Å². The molecule has 1 aromatic rings.